The molecule has 0 atom stereocenters. The van der Waals surface area contributed by atoms with Gasteiger partial charge in [0.1, 0.15) is 5.82 Å². The van der Waals surface area contributed by atoms with Crippen LogP contribution in [0.2, 0.25) is 0 Å². The van der Waals surface area contributed by atoms with Crippen LogP contribution in [-0.4, -0.2) is 23.4 Å². The van der Waals surface area contributed by atoms with Gasteiger partial charge in [-0.2, -0.15) is 13.2 Å². The third kappa shape index (κ3) is 2.80. The highest BCUT2D eigenvalue weighted by molar-refractivity contribution is 6.72. The highest BCUT2D eigenvalue weighted by Gasteiger charge is 2.38. The van der Waals surface area contributed by atoms with Crippen LogP contribution in [0.25, 0.3) is 0 Å². The zero-order valence-corrected chi connectivity index (χ0v) is 10.7. The molecule has 0 spiro atoms. The lowest BCUT2D eigenvalue weighted by atomic mass is 9.97. The number of rotatable bonds is 1. The minimum Gasteiger partial charge on any atom is -0.318 e. The zero-order valence-electron chi connectivity index (χ0n) is 10.7. The van der Waals surface area contributed by atoms with Crippen LogP contribution in [0.3, 0.4) is 0 Å². The lowest BCUT2D eigenvalue weighted by Gasteiger charge is -2.19. The van der Waals surface area contributed by atoms with E-state index in [0.29, 0.717) is 12.1 Å². The molecule has 1 N–H and O–H groups in total. The van der Waals surface area contributed by atoms with Gasteiger partial charge in [-0.3, -0.25) is 9.59 Å². The number of hydrogen-bond donors (Lipinski definition) is 1. The third-order valence-electron chi connectivity index (χ3n) is 2.60. The Balaban J connectivity index is 2.63. The number of Topliss-reactive ketones (excluding diaryl/α,β-unsaturated/α-hetero) is 1. The van der Waals surface area contributed by atoms with Gasteiger partial charge in [0.15, 0.2) is 5.71 Å². The summed E-state index contributed by atoms with van der Waals surface area (Å²) in [6.45, 7) is 0.950. The molecule has 1 aliphatic heterocycles. The van der Waals surface area contributed by atoms with Crippen LogP contribution in [0, 0.1) is 5.82 Å². The number of amides is 1. The second kappa shape index (κ2) is 5.20. The summed E-state index contributed by atoms with van der Waals surface area (Å²) in [5.41, 5.74) is -3.27. The molecular formula is C12H6F4N2O4. The fourth-order valence-corrected chi connectivity index (χ4v) is 1.70. The normalized spacial score (nSPS) is 16.3. The first kappa shape index (κ1) is 15.6. The van der Waals surface area contributed by atoms with E-state index in [2.05, 4.69) is 9.99 Å². The first-order chi connectivity index (χ1) is 10.1. The van der Waals surface area contributed by atoms with Crippen molar-refractivity contribution >= 4 is 29.1 Å². The minimum atomic E-state index is -4.99. The molecule has 1 aromatic rings. The molecule has 0 saturated heterocycles. The van der Waals surface area contributed by atoms with E-state index < -0.39 is 52.2 Å². The maximum Gasteiger partial charge on any atom is 0.419 e. The van der Waals surface area contributed by atoms with E-state index in [-0.39, 0.29) is 0 Å². The number of ketones is 1. The average Bonchev–Trinajstić information content (AvgIpc) is 2.38. The molecule has 1 amide bonds. The molecule has 116 valence electrons. The minimum absolute atomic E-state index is 0.332. The molecule has 0 bridgehead atoms. The predicted molar refractivity (Wildman–Crippen MR) is 63.3 cm³/mol. The number of hydrogen-bond acceptors (Lipinski definition) is 5. The standard InChI is InChI=1S/C12H6F4N2O4/c1-4(19)22-18-9-5-2-7(13)6(12(14,15)16)3-8(5)17-11(21)10(9)20/h2-3H,1H3,(H,17,21). The van der Waals surface area contributed by atoms with Crippen molar-refractivity contribution < 1.29 is 36.8 Å². The molecular weight excluding hydrogens is 312 g/mol. The molecule has 1 aliphatic rings. The second-order valence-corrected chi connectivity index (χ2v) is 4.18. The van der Waals surface area contributed by atoms with Gasteiger partial charge in [0, 0.05) is 12.5 Å². The van der Waals surface area contributed by atoms with Crippen molar-refractivity contribution in [2.45, 2.75) is 13.1 Å². The summed E-state index contributed by atoms with van der Waals surface area (Å²) in [4.78, 5) is 37.9. The lowest BCUT2D eigenvalue weighted by Crippen LogP contribution is -2.36. The van der Waals surface area contributed by atoms with Crippen molar-refractivity contribution in [1.82, 2.24) is 0 Å². The number of carbonyl (C=O) groups is 3. The highest BCUT2D eigenvalue weighted by atomic mass is 19.4. The van der Waals surface area contributed by atoms with Crippen LogP contribution in [-0.2, 0) is 25.4 Å². The number of benzene rings is 1. The Bertz CT molecular complexity index is 725. The summed E-state index contributed by atoms with van der Waals surface area (Å²) in [7, 11) is 0. The Morgan fingerprint density at radius 1 is 1.27 bits per heavy atom. The summed E-state index contributed by atoms with van der Waals surface area (Å²) >= 11 is 0. The topological polar surface area (TPSA) is 84.8 Å². The summed E-state index contributed by atoms with van der Waals surface area (Å²) in [6.07, 6.45) is -4.99. The van der Waals surface area contributed by atoms with E-state index >= 15 is 0 Å². The molecule has 22 heavy (non-hydrogen) atoms. The zero-order chi connectivity index (χ0) is 16.7. The van der Waals surface area contributed by atoms with E-state index in [1.807, 2.05) is 5.32 Å². The van der Waals surface area contributed by atoms with Gasteiger partial charge in [0.25, 0.3) is 11.7 Å². The molecule has 0 radical (unpaired) electrons. The predicted octanol–water partition coefficient (Wildman–Crippen LogP) is 1.63. The fraction of sp³-hybridized carbons (Fsp3) is 0.167. The van der Waals surface area contributed by atoms with Gasteiger partial charge in [0.05, 0.1) is 11.3 Å². The second-order valence-electron chi connectivity index (χ2n) is 4.18. The molecule has 1 aromatic carbocycles. The smallest absolute Gasteiger partial charge is 0.318 e. The molecule has 2 rings (SSSR count). The first-order valence-corrected chi connectivity index (χ1v) is 5.63. The number of carbonyl (C=O) groups excluding carboxylic acids is 3. The van der Waals surface area contributed by atoms with E-state index in [9.17, 15) is 31.9 Å². The number of oxime groups is 1. The van der Waals surface area contributed by atoms with Crippen LogP contribution >= 0.6 is 0 Å². The van der Waals surface area contributed by atoms with Crippen LogP contribution < -0.4 is 5.32 Å². The highest BCUT2D eigenvalue weighted by Crippen LogP contribution is 2.35. The number of fused-ring (bicyclic) bond motifs is 1. The molecule has 1 heterocycles. The van der Waals surface area contributed by atoms with Crippen LogP contribution in [0.1, 0.15) is 18.1 Å². The molecule has 0 saturated carbocycles. The monoisotopic (exact) mass is 318 g/mol. The van der Waals surface area contributed by atoms with Gasteiger partial charge < -0.3 is 10.2 Å². The van der Waals surface area contributed by atoms with E-state index in [1.165, 1.54) is 0 Å². The van der Waals surface area contributed by atoms with E-state index in [0.717, 1.165) is 6.92 Å². The Hall–Kier alpha value is -2.78. The molecule has 0 aromatic heterocycles. The number of alkyl halides is 3. The van der Waals surface area contributed by atoms with Gasteiger partial charge in [-0.1, -0.05) is 5.16 Å². The van der Waals surface area contributed by atoms with E-state index in [1.54, 1.807) is 0 Å². The maximum atomic E-state index is 13.6. The molecule has 0 fully saturated rings. The third-order valence-corrected chi connectivity index (χ3v) is 2.60. The number of anilines is 1. The molecule has 0 aliphatic carbocycles. The van der Waals surface area contributed by atoms with Crippen molar-refractivity contribution in [3.8, 4) is 0 Å². The van der Waals surface area contributed by atoms with Crippen LogP contribution in [0.4, 0.5) is 23.2 Å². The summed E-state index contributed by atoms with van der Waals surface area (Å²) < 4.78 is 51.4. The van der Waals surface area contributed by atoms with Crippen LogP contribution in [0.15, 0.2) is 17.3 Å². The van der Waals surface area contributed by atoms with Crippen molar-refractivity contribution in [3.05, 3.63) is 29.1 Å². The SMILES string of the molecule is CC(=O)ON=C1C(=O)C(=O)Nc2cc(C(F)(F)F)c(F)cc21. The Labute approximate surface area is 119 Å². The number of nitrogens with zero attached hydrogens (tertiary/aromatic N) is 1. The Morgan fingerprint density at radius 3 is 2.45 bits per heavy atom. The molecule has 0 unspecified atom stereocenters. The molecule has 10 heteroatoms. The van der Waals surface area contributed by atoms with Crippen molar-refractivity contribution in [1.29, 1.82) is 0 Å². The molecule has 6 nitrogen and oxygen atoms in total. The first-order valence-electron chi connectivity index (χ1n) is 5.63. The van der Waals surface area contributed by atoms with Gasteiger partial charge in [-0.25, -0.2) is 9.18 Å². The van der Waals surface area contributed by atoms with Gasteiger partial charge >= 0.3 is 12.1 Å². The van der Waals surface area contributed by atoms with Crippen molar-refractivity contribution in [2.24, 2.45) is 5.16 Å². The number of halogens is 4. The van der Waals surface area contributed by atoms with Crippen molar-refractivity contribution in [2.75, 3.05) is 5.32 Å². The van der Waals surface area contributed by atoms with Gasteiger partial charge in [-0.15, -0.1) is 0 Å². The quantitative estimate of drug-likeness (QED) is 0.369. The number of nitrogens with one attached hydrogen (secondary N) is 1. The summed E-state index contributed by atoms with van der Waals surface area (Å²) in [6, 6.07) is 0.718. The van der Waals surface area contributed by atoms with Crippen molar-refractivity contribution in [3.63, 3.8) is 0 Å². The summed E-state index contributed by atoms with van der Waals surface area (Å²) in [5, 5.41) is 4.99. The fourth-order valence-electron chi connectivity index (χ4n) is 1.70. The van der Waals surface area contributed by atoms with Gasteiger partial charge in [-0.05, 0) is 12.1 Å². The largest absolute Gasteiger partial charge is 0.419 e. The maximum absolute atomic E-state index is 13.6. The Kier molecular flexibility index (Phi) is 3.69. The van der Waals surface area contributed by atoms with E-state index in [4.69, 9.17) is 0 Å². The van der Waals surface area contributed by atoms with Crippen LogP contribution in [0.5, 0.6) is 0 Å². The average molecular weight is 318 g/mol. The lowest BCUT2D eigenvalue weighted by molar-refractivity contribution is -0.141. The Morgan fingerprint density at radius 2 is 1.91 bits per heavy atom. The summed E-state index contributed by atoms with van der Waals surface area (Å²) in [5.74, 6) is -5.14. The van der Waals surface area contributed by atoms with Gasteiger partial charge in [0.2, 0.25) is 0 Å².